The molecule has 35 heavy (non-hydrogen) atoms. The number of benzene rings is 1. The molecule has 0 saturated heterocycles. The maximum Gasteiger partial charge on any atom is 0.318 e. The number of carbonyl (C=O) groups excluding carboxylic acids is 1. The summed E-state index contributed by atoms with van der Waals surface area (Å²) in [5, 5.41) is 15.8. The second kappa shape index (κ2) is 10.9. The van der Waals surface area contributed by atoms with Crippen LogP contribution in [0.25, 0.3) is 11.3 Å². The number of nitrogens with two attached hydrogens (primary N) is 1. The molecule has 4 N–H and O–H groups in total. The molecule has 1 aliphatic carbocycles. The highest BCUT2D eigenvalue weighted by Crippen LogP contribution is 2.42. The number of amides is 2. The van der Waals surface area contributed by atoms with Gasteiger partial charge in [0.05, 0.1) is 41.7 Å². The summed E-state index contributed by atoms with van der Waals surface area (Å²) >= 11 is 12.9. The first-order valence-electron chi connectivity index (χ1n) is 11.2. The van der Waals surface area contributed by atoms with Gasteiger partial charge in [0.25, 0.3) is 0 Å². The molecule has 2 amide bonds. The third-order valence-corrected chi connectivity index (χ3v) is 6.38. The molecule has 0 spiro atoms. The number of nitrogens with one attached hydrogen (secondary N) is 1. The van der Waals surface area contributed by atoms with Gasteiger partial charge in [-0.2, -0.15) is 4.91 Å². The summed E-state index contributed by atoms with van der Waals surface area (Å²) in [6.45, 7) is 1.30. The molecule has 0 bridgehead atoms. The summed E-state index contributed by atoms with van der Waals surface area (Å²) in [5.41, 5.74) is 8.42. The van der Waals surface area contributed by atoms with E-state index >= 15 is 0 Å². The Hall–Kier alpha value is -2.73. The molecule has 1 saturated carbocycles. The molecule has 11 nitrogen and oxygen atoms in total. The molecule has 188 valence electrons. The average molecular weight is 524 g/mol. The number of halogens is 2. The van der Waals surface area contributed by atoms with Crippen LogP contribution in [0.2, 0.25) is 10.0 Å². The van der Waals surface area contributed by atoms with Crippen molar-refractivity contribution in [2.45, 2.75) is 38.0 Å². The SMILES string of the molecule is CN(CCOc1cc(Cl)cc(Cl)c1-c1nc(N)nc2c1CN(C(=O)NC1CC1)C2)CC(CO)N=O. The zero-order valence-electron chi connectivity index (χ0n) is 19.2. The number of carbonyl (C=O) groups is 1. The fourth-order valence-corrected chi connectivity index (χ4v) is 4.46. The fourth-order valence-electron chi connectivity index (χ4n) is 3.90. The number of urea groups is 1. The van der Waals surface area contributed by atoms with Crippen LogP contribution in [0.1, 0.15) is 24.1 Å². The summed E-state index contributed by atoms with van der Waals surface area (Å²) in [6, 6.07) is 2.62. The van der Waals surface area contributed by atoms with Crippen LogP contribution >= 0.6 is 23.2 Å². The molecular weight excluding hydrogens is 497 g/mol. The van der Waals surface area contributed by atoms with Crippen molar-refractivity contribution in [2.24, 2.45) is 5.18 Å². The number of hydrogen-bond acceptors (Lipinski definition) is 9. The first kappa shape index (κ1) is 25.4. The lowest BCUT2D eigenvalue weighted by Gasteiger charge is -2.20. The number of aliphatic hydroxyl groups is 1. The molecule has 13 heteroatoms. The topological polar surface area (TPSA) is 146 Å². The van der Waals surface area contributed by atoms with E-state index in [0.29, 0.717) is 58.9 Å². The van der Waals surface area contributed by atoms with E-state index in [1.165, 1.54) is 0 Å². The second-order valence-corrected chi connectivity index (χ2v) is 9.59. The van der Waals surface area contributed by atoms with Crippen molar-refractivity contribution in [3.63, 3.8) is 0 Å². The van der Waals surface area contributed by atoms with Crippen molar-refractivity contribution in [3.8, 4) is 17.0 Å². The van der Waals surface area contributed by atoms with Crippen molar-refractivity contribution in [2.75, 3.05) is 39.1 Å². The van der Waals surface area contributed by atoms with Gasteiger partial charge in [0, 0.05) is 29.7 Å². The predicted molar refractivity (Wildman–Crippen MR) is 132 cm³/mol. The summed E-state index contributed by atoms with van der Waals surface area (Å²) in [4.78, 5) is 35.6. The third-order valence-electron chi connectivity index (χ3n) is 5.86. The molecule has 1 aliphatic heterocycles. The lowest BCUT2D eigenvalue weighted by molar-refractivity contribution is 0.197. The molecule has 1 aromatic carbocycles. The van der Waals surface area contributed by atoms with E-state index < -0.39 is 6.04 Å². The van der Waals surface area contributed by atoms with E-state index in [1.54, 1.807) is 24.1 Å². The van der Waals surface area contributed by atoms with Crippen molar-refractivity contribution in [1.82, 2.24) is 25.1 Å². The van der Waals surface area contributed by atoms with Crippen LogP contribution in [0.5, 0.6) is 5.75 Å². The Morgan fingerprint density at radius 1 is 1.37 bits per heavy atom. The Bertz CT molecular complexity index is 1120. The van der Waals surface area contributed by atoms with Gasteiger partial charge in [-0.3, -0.25) is 0 Å². The molecule has 2 aliphatic rings. The van der Waals surface area contributed by atoms with Crippen LogP contribution in [0.3, 0.4) is 0 Å². The van der Waals surface area contributed by atoms with Crippen LogP contribution in [0.15, 0.2) is 17.3 Å². The molecular formula is C22H27Cl2N7O4. The van der Waals surface area contributed by atoms with E-state index in [1.807, 2.05) is 4.90 Å². The van der Waals surface area contributed by atoms with Gasteiger partial charge >= 0.3 is 6.03 Å². The molecule has 0 radical (unpaired) electrons. The van der Waals surface area contributed by atoms with Crippen LogP contribution < -0.4 is 15.8 Å². The number of fused-ring (bicyclic) bond motifs is 1. The zero-order valence-corrected chi connectivity index (χ0v) is 20.7. The first-order chi connectivity index (χ1) is 16.8. The minimum atomic E-state index is -0.706. The van der Waals surface area contributed by atoms with Gasteiger partial charge in [-0.05, 0) is 32.0 Å². The maximum atomic E-state index is 12.6. The Morgan fingerprint density at radius 2 is 2.14 bits per heavy atom. The molecule has 4 rings (SSSR count). The number of aromatic nitrogens is 2. The minimum absolute atomic E-state index is 0.0660. The highest BCUT2D eigenvalue weighted by atomic mass is 35.5. The van der Waals surface area contributed by atoms with Crippen molar-refractivity contribution >= 4 is 35.2 Å². The molecule has 1 unspecified atom stereocenters. The predicted octanol–water partition coefficient (Wildman–Crippen LogP) is 2.66. The number of aliphatic hydroxyl groups excluding tert-OH is 1. The monoisotopic (exact) mass is 523 g/mol. The first-order valence-corrected chi connectivity index (χ1v) is 12.0. The Balaban J connectivity index is 1.57. The van der Waals surface area contributed by atoms with Gasteiger partial charge in [0.15, 0.2) is 0 Å². The molecule has 1 atom stereocenters. The lowest BCUT2D eigenvalue weighted by atomic mass is 10.0. The summed E-state index contributed by atoms with van der Waals surface area (Å²) in [7, 11) is 1.79. The summed E-state index contributed by atoms with van der Waals surface area (Å²) in [5.74, 6) is 0.473. The highest BCUT2D eigenvalue weighted by Gasteiger charge is 2.33. The lowest BCUT2D eigenvalue weighted by Crippen LogP contribution is -2.37. The molecule has 2 heterocycles. The van der Waals surface area contributed by atoms with Crippen LogP contribution in [0.4, 0.5) is 10.7 Å². The fraction of sp³-hybridized carbons (Fsp3) is 0.500. The normalized spacial score (nSPS) is 15.7. The number of nitrogen functional groups attached to an aromatic ring is 1. The van der Waals surface area contributed by atoms with E-state index in [-0.39, 0.29) is 31.2 Å². The average Bonchev–Trinajstić information content (AvgIpc) is 3.51. The molecule has 1 aromatic heterocycles. The number of ether oxygens (including phenoxy) is 1. The van der Waals surface area contributed by atoms with E-state index in [2.05, 4.69) is 20.5 Å². The zero-order chi connectivity index (χ0) is 25.1. The Kier molecular flexibility index (Phi) is 7.90. The van der Waals surface area contributed by atoms with E-state index in [0.717, 1.165) is 18.4 Å². The summed E-state index contributed by atoms with van der Waals surface area (Å²) < 4.78 is 6.03. The van der Waals surface area contributed by atoms with Gasteiger partial charge in [-0.15, -0.1) is 0 Å². The van der Waals surface area contributed by atoms with E-state index in [4.69, 9.17) is 38.8 Å². The standard InChI is InChI=1S/C22H27Cl2N7O4/c1-30(8-14(11-32)29-34)4-5-35-18-7-12(23)6-16(24)19(18)20-15-9-31(22(33)26-13-2-3-13)10-17(15)27-21(25)28-20/h6-7,13-14,32H,2-5,8-11H2,1H3,(H,26,33)(H2,25,27,28). The van der Waals surface area contributed by atoms with Crippen molar-refractivity contribution in [1.29, 1.82) is 0 Å². The number of nitrogens with zero attached hydrogens (tertiary/aromatic N) is 5. The Morgan fingerprint density at radius 3 is 2.83 bits per heavy atom. The van der Waals surface area contributed by atoms with Gasteiger partial charge in [-0.1, -0.05) is 28.4 Å². The molecule has 2 aromatic rings. The Labute approximate surface area is 212 Å². The van der Waals surface area contributed by atoms with Gasteiger partial charge < -0.3 is 30.7 Å². The van der Waals surface area contributed by atoms with Gasteiger partial charge in [-0.25, -0.2) is 14.8 Å². The van der Waals surface area contributed by atoms with Crippen LogP contribution in [0, 0.1) is 4.91 Å². The van der Waals surface area contributed by atoms with Gasteiger partial charge in [0.1, 0.15) is 18.4 Å². The number of anilines is 1. The second-order valence-electron chi connectivity index (χ2n) is 8.75. The number of hydrogen-bond donors (Lipinski definition) is 3. The van der Waals surface area contributed by atoms with Crippen molar-refractivity contribution < 1.29 is 14.6 Å². The van der Waals surface area contributed by atoms with Gasteiger partial charge in [0.2, 0.25) is 5.95 Å². The minimum Gasteiger partial charge on any atom is -0.491 e. The number of likely N-dealkylation sites (N-methyl/N-ethyl adjacent to an activating group) is 1. The maximum absolute atomic E-state index is 12.6. The van der Waals surface area contributed by atoms with Crippen molar-refractivity contribution in [3.05, 3.63) is 38.3 Å². The third kappa shape index (κ3) is 6.10. The van der Waals surface area contributed by atoms with Crippen LogP contribution in [-0.4, -0.2) is 76.3 Å². The molecule has 1 fully saturated rings. The van der Waals surface area contributed by atoms with E-state index in [9.17, 15) is 9.70 Å². The summed E-state index contributed by atoms with van der Waals surface area (Å²) in [6.07, 6.45) is 1.99. The number of nitroso groups, excluding NO2 is 1. The largest absolute Gasteiger partial charge is 0.491 e. The highest BCUT2D eigenvalue weighted by molar-refractivity contribution is 6.37. The quantitative estimate of drug-likeness (QED) is 0.402. The number of rotatable bonds is 10. The smallest absolute Gasteiger partial charge is 0.318 e. The van der Waals surface area contributed by atoms with Crippen LogP contribution in [-0.2, 0) is 13.1 Å².